The predicted octanol–water partition coefficient (Wildman–Crippen LogP) is 0.505. The molecule has 2 aromatic rings. The van der Waals surface area contributed by atoms with Gasteiger partial charge in [-0.15, -0.1) is 0 Å². The van der Waals surface area contributed by atoms with Gasteiger partial charge in [0, 0.05) is 18.8 Å². The van der Waals surface area contributed by atoms with Crippen molar-refractivity contribution in [2.75, 3.05) is 0 Å². The lowest BCUT2D eigenvalue weighted by atomic mass is 9.76. The predicted molar refractivity (Wildman–Crippen MR) is 105 cm³/mol. The van der Waals surface area contributed by atoms with E-state index in [2.05, 4.69) is 20.6 Å². The number of aromatic nitrogens is 2. The molecule has 8 nitrogen and oxygen atoms in total. The standard InChI is InChI=1S/C19H25BN4O4/c1-2-3-9-17(20(27)28)24-18(25)15(12-14-7-5-4-6-8-14)23-19(26)16-13-21-10-11-22-16/h4-8,10-11,13,15,17,27-28H,2-3,9,12H2,1H3,(H,23,26)(H,24,25)/t15-,17-/m1/s1. The second kappa shape index (κ2) is 11.2. The molecule has 0 aliphatic carbocycles. The largest absolute Gasteiger partial charge is 0.475 e. The fraction of sp³-hybridized carbons (Fsp3) is 0.368. The first kappa shape index (κ1) is 21.5. The molecule has 1 aromatic heterocycles. The minimum atomic E-state index is -1.68. The van der Waals surface area contributed by atoms with Gasteiger partial charge in [0.2, 0.25) is 5.91 Å². The van der Waals surface area contributed by atoms with Crippen LogP contribution < -0.4 is 10.6 Å². The zero-order chi connectivity index (χ0) is 20.4. The maximum absolute atomic E-state index is 12.8. The van der Waals surface area contributed by atoms with E-state index >= 15 is 0 Å². The molecule has 0 saturated heterocycles. The van der Waals surface area contributed by atoms with E-state index in [1.807, 2.05) is 37.3 Å². The lowest BCUT2D eigenvalue weighted by Crippen LogP contribution is -2.54. The Morgan fingerprint density at radius 2 is 1.89 bits per heavy atom. The van der Waals surface area contributed by atoms with Gasteiger partial charge in [0.25, 0.3) is 5.91 Å². The third kappa shape index (κ3) is 6.75. The van der Waals surface area contributed by atoms with Crippen LogP contribution in [0.2, 0.25) is 0 Å². The second-order valence-electron chi connectivity index (χ2n) is 6.48. The van der Waals surface area contributed by atoms with Gasteiger partial charge in [-0.05, 0) is 12.0 Å². The van der Waals surface area contributed by atoms with Gasteiger partial charge in [-0.25, -0.2) is 4.98 Å². The molecule has 2 atom stereocenters. The Morgan fingerprint density at radius 1 is 1.14 bits per heavy atom. The molecule has 1 aromatic carbocycles. The van der Waals surface area contributed by atoms with Crippen LogP contribution in [0, 0.1) is 0 Å². The molecule has 2 rings (SSSR count). The van der Waals surface area contributed by atoms with E-state index in [1.165, 1.54) is 18.6 Å². The topological polar surface area (TPSA) is 124 Å². The van der Waals surface area contributed by atoms with Gasteiger partial charge < -0.3 is 20.7 Å². The smallest absolute Gasteiger partial charge is 0.426 e. The Kier molecular flexibility index (Phi) is 8.58. The Hall–Kier alpha value is -2.78. The Balaban J connectivity index is 2.14. The molecule has 0 aliphatic rings. The average Bonchev–Trinajstić information content (AvgIpc) is 2.71. The van der Waals surface area contributed by atoms with E-state index in [1.54, 1.807) is 0 Å². The summed E-state index contributed by atoms with van der Waals surface area (Å²) in [6.07, 6.45) is 6.43. The van der Waals surface area contributed by atoms with E-state index in [-0.39, 0.29) is 12.1 Å². The molecule has 0 unspecified atom stereocenters. The highest BCUT2D eigenvalue weighted by Crippen LogP contribution is 2.07. The van der Waals surface area contributed by atoms with Crippen molar-refractivity contribution in [1.29, 1.82) is 0 Å². The lowest BCUT2D eigenvalue weighted by molar-refractivity contribution is -0.123. The summed E-state index contributed by atoms with van der Waals surface area (Å²) in [6, 6.07) is 8.35. The third-order valence-corrected chi connectivity index (χ3v) is 4.26. The number of unbranched alkanes of at least 4 members (excludes halogenated alkanes) is 1. The van der Waals surface area contributed by atoms with Crippen molar-refractivity contribution in [3.8, 4) is 0 Å². The molecular formula is C19H25BN4O4. The van der Waals surface area contributed by atoms with Crippen LogP contribution in [0.15, 0.2) is 48.9 Å². The SMILES string of the molecule is CCCC[C@@H](NC(=O)[C@@H](Cc1ccccc1)NC(=O)c1cnccn1)B(O)O. The quantitative estimate of drug-likeness (QED) is 0.443. The molecule has 0 saturated carbocycles. The first-order valence-electron chi connectivity index (χ1n) is 9.28. The summed E-state index contributed by atoms with van der Waals surface area (Å²) in [5, 5.41) is 24.4. The molecule has 0 spiro atoms. The van der Waals surface area contributed by atoms with Crippen molar-refractivity contribution >= 4 is 18.9 Å². The minimum absolute atomic E-state index is 0.0955. The van der Waals surface area contributed by atoms with Gasteiger partial charge in [0.05, 0.1) is 12.1 Å². The highest BCUT2D eigenvalue weighted by molar-refractivity contribution is 6.43. The first-order valence-corrected chi connectivity index (χ1v) is 9.28. The number of benzene rings is 1. The van der Waals surface area contributed by atoms with Crippen molar-refractivity contribution in [1.82, 2.24) is 20.6 Å². The molecule has 0 bridgehead atoms. The van der Waals surface area contributed by atoms with E-state index in [9.17, 15) is 19.6 Å². The number of hydrogen-bond donors (Lipinski definition) is 4. The molecule has 4 N–H and O–H groups in total. The normalized spacial score (nSPS) is 12.7. The molecule has 148 valence electrons. The van der Waals surface area contributed by atoms with Crippen molar-refractivity contribution in [3.05, 3.63) is 60.2 Å². The Morgan fingerprint density at radius 3 is 2.50 bits per heavy atom. The van der Waals surface area contributed by atoms with E-state index in [4.69, 9.17) is 0 Å². The van der Waals surface area contributed by atoms with Gasteiger partial charge in [0.1, 0.15) is 11.7 Å². The summed E-state index contributed by atoms with van der Waals surface area (Å²) < 4.78 is 0. The summed E-state index contributed by atoms with van der Waals surface area (Å²) in [7, 11) is -1.68. The molecular weight excluding hydrogens is 359 g/mol. The van der Waals surface area contributed by atoms with E-state index < -0.39 is 30.9 Å². The maximum atomic E-state index is 12.8. The zero-order valence-electron chi connectivity index (χ0n) is 15.8. The summed E-state index contributed by atoms with van der Waals surface area (Å²) in [6.45, 7) is 1.97. The summed E-state index contributed by atoms with van der Waals surface area (Å²) in [5.41, 5.74) is 0.954. The average molecular weight is 384 g/mol. The monoisotopic (exact) mass is 384 g/mol. The molecule has 0 fully saturated rings. The van der Waals surface area contributed by atoms with Crippen LogP contribution in [0.5, 0.6) is 0 Å². The van der Waals surface area contributed by atoms with Crippen molar-refractivity contribution in [2.24, 2.45) is 0 Å². The van der Waals surface area contributed by atoms with Crippen LogP contribution in [-0.4, -0.2) is 50.9 Å². The van der Waals surface area contributed by atoms with Gasteiger partial charge >= 0.3 is 7.12 Å². The molecule has 2 amide bonds. The number of carbonyl (C=O) groups excluding carboxylic acids is 2. The third-order valence-electron chi connectivity index (χ3n) is 4.26. The molecule has 28 heavy (non-hydrogen) atoms. The first-order chi connectivity index (χ1) is 13.5. The van der Waals surface area contributed by atoms with Crippen molar-refractivity contribution < 1.29 is 19.6 Å². The van der Waals surface area contributed by atoms with Crippen LogP contribution in [0.25, 0.3) is 0 Å². The van der Waals surface area contributed by atoms with Crippen LogP contribution in [0.4, 0.5) is 0 Å². The second-order valence-corrected chi connectivity index (χ2v) is 6.48. The van der Waals surface area contributed by atoms with E-state index in [0.717, 1.165) is 18.4 Å². The molecule has 1 heterocycles. The van der Waals surface area contributed by atoms with E-state index in [0.29, 0.717) is 6.42 Å². The molecule has 0 radical (unpaired) electrons. The summed E-state index contributed by atoms with van der Waals surface area (Å²) in [4.78, 5) is 33.1. The fourth-order valence-electron chi connectivity index (χ4n) is 2.71. The number of amides is 2. The maximum Gasteiger partial charge on any atom is 0.475 e. The minimum Gasteiger partial charge on any atom is -0.426 e. The van der Waals surface area contributed by atoms with Crippen LogP contribution in [-0.2, 0) is 11.2 Å². The van der Waals surface area contributed by atoms with Gasteiger partial charge in [-0.1, -0.05) is 50.1 Å². The number of carbonyl (C=O) groups is 2. The summed E-state index contributed by atoms with van der Waals surface area (Å²) >= 11 is 0. The fourth-order valence-corrected chi connectivity index (χ4v) is 2.71. The highest BCUT2D eigenvalue weighted by Gasteiger charge is 2.29. The van der Waals surface area contributed by atoms with Crippen LogP contribution >= 0.6 is 0 Å². The Bertz CT molecular complexity index is 746. The highest BCUT2D eigenvalue weighted by atomic mass is 16.4. The molecule has 0 aliphatic heterocycles. The van der Waals surface area contributed by atoms with Crippen LogP contribution in [0.1, 0.15) is 42.2 Å². The Labute approximate surface area is 164 Å². The van der Waals surface area contributed by atoms with Gasteiger partial charge in [-0.2, -0.15) is 0 Å². The number of rotatable bonds is 10. The number of nitrogens with zero attached hydrogens (tertiary/aromatic N) is 2. The number of hydrogen-bond acceptors (Lipinski definition) is 6. The lowest BCUT2D eigenvalue weighted by Gasteiger charge is -2.23. The van der Waals surface area contributed by atoms with Gasteiger partial charge in [-0.3, -0.25) is 14.6 Å². The van der Waals surface area contributed by atoms with Crippen molar-refractivity contribution in [2.45, 2.75) is 44.6 Å². The van der Waals surface area contributed by atoms with Crippen molar-refractivity contribution in [3.63, 3.8) is 0 Å². The summed E-state index contributed by atoms with van der Waals surface area (Å²) in [5.74, 6) is -1.83. The van der Waals surface area contributed by atoms with Gasteiger partial charge in [0.15, 0.2) is 0 Å². The van der Waals surface area contributed by atoms with Crippen LogP contribution in [0.3, 0.4) is 0 Å². The zero-order valence-corrected chi connectivity index (χ0v) is 15.8. The molecule has 9 heteroatoms. The number of nitrogens with one attached hydrogen (secondary N) is 2.